The molecule has 0 aliphatic carbocycles. The SMILES string of the molecule is CN(C)C(=O)[C@@H](c1ccccc1)N(C)Cc1nc2ccccc2s1. The molecule has 4 nitrogen and oxygen atoms in total. The molecular formula is C19H21N3OS. The van der Waals surface area contributed by atoms with Crippen LogP contribution in [0.3, 0.4) is 0 Å². The smallest absolute Gasteiger partial charge is 0.244 e. The van der Waals surface area contributed by atoms with Gasteiger partial charge in [-0.3, -0.25) is 9.69 Å². The highest BCUT2D eigenvalue weighted by molar-refractivity contribution is 7.18. The summed E-state index contributed by atoms with van der Waals surface area (Å²) in [7, 11) is 5.57. The van der Waals surface area contributed by atoms with Gasteiger partial charge in [0.2, 0.25) is 5.91 Å². The van der Waals surface area contributed by atoms with E-state index in [1.807, 2.05) is 55.6 Å². The number of para-hydroxylation sites is 1. The number of nitrogens with zero attached hydrogens (tertiary/aromatic N) is 3. The Balaban J connectivity index is 1.88. The Morgan fingerprint density at radius 3 is 2.38 bits per heavy atom. The van der Waals surface area contributed by atoms with Crippen LogP contribution in [0.2, 0.25) is 0 Å². The first-order valence-electron chi connectivity index (χ1n) is 7.87. The van der Waals surface area contributed by atoms with Gasteiger partial charge in [-0.25, -0.2) is 4.98 Å². The second kappa shape index (κ2) is 7.11. The summed E-state index contributed by atoms with van der Waals surface area (Å²) >= 11 is 1.68. The van der Waals surface area contributed by atoms with E-state index in [0.29, 0.717) is 6.54 Å². The van der Waals surface area contributed by atoms with Crippen molar-refractivity contribution in [3.63, 3.8) is 0 Å². The van der Waals surface area contributed by atoms with E-state index in [0.717, 1.165) is 16.1 Å². The first kappa shape index (κ1) is 16.6. The quantitative estimate of drug-likeness (QED) is 0.713. The molecule has 0 saturated heterocycles. The average Bonchev–Trinajstić information content (AvgIpc) is 2.98. The predicted molar refractivity (Wildman–Crippen MR) is 99.0 cm³/mol. The molecule has 0 radical (unpaired) electrons. The summed E-state index contributed by atoms with van der Waals surface area (Å²) in [4.78, 5) is 21.1. The number of hydrogen-bond acceptors (Lipinski definition) is 4. The van der Waals surface area contributed by atoms with Crippen molar-refractivity contribution in [3.05, 3.63) is 65.2 Å². The van der Waals surface area contributed by atoms with Gasteiger partial charge in [0.05, 0.1) is 16.8 Å². The summed E-state index contributed by atoms with van der Waals surface area (Å²) in [5, 5.41) is 1.02. The normalized spacial score (nSPS) is 12.5. The number of carbonyl (C=O) groups is 1. The topological polar surface area (TPSA) is 36.4 Å². The van der Waals surface area contributed by atoms with Crippen LogP contribution in [0.15, 0.2) is 54.6 Å². The van der Waals surface area contributed by atoms with Crippen LogP contribution in [0.4, 0.5) is 0 Å². The molecular weight excluding hydrogens is 318 g/mol. The molecule has 24 heavy (non-hydrogen) atoms. The van der Waals surface area contributed by atoms with Crippen LogP contribution in [-0.4, -0.2) is 41.8 Å². The van der Waals surface area contributed by atoms with Gasteiger partial charge in [-0.05, 0) is 24.7 Å². The van der Waals surface area contributed by atoms with Gasteiger partial charge in [-0.1, -0.05) is 42.5 Å². The molecule has 1 heterocycles. The van der Waals surface area contributed by atoms with Gasteiger partial charge in [0.25, 0.3) is 0 Å². The molecule has 0 N–H and O–H groups in total. The van der Waals surface area contributed by atoms with E-state index in [4.69, 9.17) is 0 Å². The zero-order valence-electron chi connectivity index (χ0n) is 14.1. The zero-order valence-corrected chi connectivity index (χ0v) is 15.0. The molecule has 5 heteroatoms. The largest absolute Gasteiger partial charge is 0.347 e. The Morgan fingerprint density at radius 2 is 1.71 bits per heavy atom. The third kappa shape index (κ3) is 3.47. The first-order chi connectivity index (χ1) is 11.6. The molecule has 0 spiro atoms. The average molecular weight is 339 g/mol. The fraction of sp³-hybridized carbons (Fsp3) is 0.263. The molecule has 2 aromatic carbocycles. The highest BCUT2D eigenvalue weighted by Gasteiger charge is 2.27. The molecule has 3 aromatic rings. The molecule has 0 aliphatic rings. The van der Waals surface area contributed by atoms with Crippen molar-refractivity contribution < 1.29 is 4.79 Å². The lowest BCUT2D eigenvalue weighted by atomic mass is 10.0. The number of hydrogen-bond donors (Lipinski definition) is 0. The molecule has 0 unspecified atom stereocenters. The van der Waals surface area contributed by atoms with E-state index in [1.54, 1.807) is 30.3 Å². The van der Waals surface area contributed by atoms with E-state index in [2.05, 4.69) is 16.0 Å². The standard InChI is InChI=1S/C19H21N3OS/c1-21(2)19(23)18(14-9-5-4-6-10-14)22(3)13-17-20-15-11-7-8-12-16(15)24-17/h4-12,18H,13H2,1-3H3/t18-/m1/s1. The fourth-order valence-electron chi connectivity index (χ4n) is 2.76. The van der Waals surface area contributed by atoms with E-state index in [9.17, 15) is 4.79 Å². The number of rotatable bonds is 5. The van der Waals surface area contributed by atoms with Crippen LogP contribution in [-0.2, 0) is 11.3 Å². The first-order valence-corrected chi connectivity index (χ1v) is 8.68. The second-order valence-electron chi connectivity index (χ2n) is 6.04. The van der Waals surface area contributed by atoms with Gasteiger partial charge in [0.15, 0.2) is 0 Å². The van der Waals surface area contributed by atoms with Crippen molar-refractivity contribution in [2.45, 2.75) is 12.6 Å². The van der Waals surface area contributed by atoms with Crippen molar-refractivity contribution in [2.24, 2.45) is 0 Å². The molecule has 1 aromatic heterocycles. The van der Waals surface area contributed by atoms with Crippen LogP contribution in [0.5, 0.6) is 0 Å². The van der Waals surface area contributed by atoms with Gasteiger partial charge in [0.1, 0.15) is 11.0 Å². The molecule has 1 amide bonds. The van der Waals surface area contributed by atoms with Crippen LogP contribution in [0.1, 0.15) is 16.6 Å². The molecule has 124 valence electrons. The maximum absolute atomic E-state index is 12.7. The molecule has 1 atom stereocenters. The number of likely N-dealkylation sites (N-methyl/N-ethyl adjacent to an activating group) is 2. The van der Waals surface area contributed by atoms with Gasteiger partial charge in [-0.2, -0.15) is 0 Å². The van der Waals surface area contributed by atoms with Crippen LogP contribution >= 0.6 is 11.3 Å². The van der Waals surface area contributed by atoms with Crippen LogP contribution < -0.4 is 0 Å². The summed E-state index contributed by atoms with van der Waals surface area (Å²) < 4.78 is 1.18. The summed E-state index contributed by atoms with van der Waals surface area (Å²) in [5.41, 5.74) is 2.01. The summed E-state index contributed by atoms with van der Waals surface area (Å²) in [6.45, 7) is 0.637. The highest BCUT2D eigenvalue weighted by atomic mass is 32.1. The summed E-state index contributed by atoms with van der Waals surface area (Å²) in [5.74, 6) is 0.0739. The Labute approximate surface area is 146 Å². The monoisotopic (exact) mass is 339 g/mol. The predicted octanol–water partition coefficient (Wildman–Crippen LogP) is 3.56. The number of fused-ring (bicyclic) bond motifs is 1. The third-order valence-corrected chi connectivity index (χ3v) is 4.97. The molecule has 0 fully saturated rings. The molecule has 3 rings (SSSR count). The minimum Gasteiger partial charge on any atom is -0.347 e. The lowest BCUT2D eigenvalue weighted by molar-refractivity contribution is -0.134. The second-order valence-corrected chi connectivity index (χ2v) is 7.15. The number of amides is 1. The van der Waals surface area contributed by atoms with Gasteiger partial charge in [-0.15, -0.1) is 11.3 Å². The van der Waals surface area contributed by atoms with E-state index in [-0.39, 0.29) is 11.9 Å². The van der Waals surface area contributed by atoms with Crippen molar-refractivity contribution in [1.82, 2.24) is 14.8 Å². The summed E-state index contributed by atoms with van der Waals surface area (Å²) in [6.07, 6.45) is 0. The summed E-state index contributed by atoms with van der Waals surface area (Å²) in [6, 6.07) is 17.7. The van der Waals surface area contributed by atoms with Crippen molar-refractivity contribution in [3.8, 4) is 0 Å². The van der Waals surface area contributed by atoms with Crippen LogP contribution in [0.25, 0.3) is 10.2 Å². The minimum atomic E-state index is -0.312. The Kier molecular flexibility index (Phi) is 4.92. The zero-order chi connectivity index (χ0) is 17.1. The fourth-order valence-corrected chi connectivity index (χ4v) is 3.79. The lowest BCUT2D eigenvalue weighted by Gasteiger charge is -2.29. The molecule has 0 saturated carbocycles. The maximum Gasteiger partial charge on any atom is 0.244 e. The Hall–Kier alpha value is -2.24. The van der Waals surface area contributed by atoms with Crippen molar-refractivity contribution in [2.75, 3.05) is 21.1 Å². The van der Waals surface area contributed by atoms with Gasteiger partial charge in [0, 0.05) is 14.1 Å². The van der Waals surface area contributed by atoms with Crippen molar-refractivity contribution in [1.29, 1.82) is 0 Å². The van der Waals surface area contributed by atoms with Crippen molar-refractivity contribution >= 4 is 27.5 Å². The highest BCUT2D eigenvalue weighted by Crippen LogP contribution is 2.27. The van der Waals surface area contributed by atoms with Gasteiger partial charge < -0.3 is 4.90 Å². The Bertz CT molecular complexity index is 796. The lowest BCUT2D eigenvalue weighted by Crippen LogP contribution is -2.37. The molecule has 0 aliphatic heterocycles. The Morgan fingerprint density at radius 1 is 1.04 bits per heavy atom. The maximum atomic E-state index is 12.7. The third-order valence-electron chi connectivity index (χ3n) is 3.95. The van der Waals surface area contributed by atoms with Gasteiger partial charge >= 0.3 is 0 Å². The number of aromatic nitrogens is 1. The van der Waals surface area contributed by atoms with E-state index >= 15 is 0 Å². The van der Waals surface area contributed by atoms with E-state index < -0.39 is 0 Å². The van der Waals surface area contributed by atoms with Crippen LogP contribution in [0, 0.1) is 0 Å². The molecule has 0 bridgehead atoms. The minimum absolute atomic E-state index is 0.0739. The van der Waals surface area contributed by atoms with E-state index in [1.165, 1.54) is 4.70 Å². The number of benzene rings is 2. The number of thiazole rings is 1. The number of carbonyl (C=O) groups excluding carboxylic acids is 1.